The van der Waals surface area contributed by atoms with Crippen LogP contribution in [-0.4, -0.2) is 65.2 Å². The van der Waals surface area contributed by atoms with Gasteiger partial charge in [0.2, 0.25) is 0 Å². The standard InChI is InChI=1S/C14H27N3O2S/c1-11(2)16-6-8-17(9-7-16)12(20)10-15-13(18)19-14(3,4)5/h11H,6-10H2,1-5H3,(H,15,18). The normalized spacial score (nSPS) is 17.2. The van der Waals surface area contributed by atoms with Crippen LogP contribution in [0.25, 0.3) is 0 Å². The second kappa shape index (κ2) is 7.22. The summed E-state index contributed by atoms with van der Waals surface area (Å²) in [6.45, 7) is 14.2. The maximum Gasteiger partial charge on any atom is 0.408 e. The van der Waals surface area contributed by atoms with Gasteiger partial charge < -0.3 is 15.0 Å². The number of hydrogen-bond donors (Lipinski definition) is 1. The second-order valence-electron chi connectivity index (χ2n) is 6.37. The first kappa shape index (κ1) is 17.2. The molecule has 1 aliphatic rings. The second-order valence-corrected chi connectivity index (χ2v) is 6.84. The largest absolute Gasteiger partial charge is 0.444 e. The molecular weight excluding hydrogens is 274 g/mol. The quantitative estimate of drug-likeness (QED) is 0.806. The van der Waals surface area contributed by atoms with Crippen LogP contribution in [0.1, 0.15) is 34.6 Å². The average molecular weight is 301 g/mol. The molecule has 0 atom stereocenters. The summed E-state index contributed by atoms with van der Waals surface area (Å²) < 4.78 is 5.19. The molecule has 0 aromatic carbocycles. The molecule has 0 spiro atoms. The minimum atomic E-state index is -0.478. The van der Waals surface area contributed by atoms with E-state index in [4.69, 9.17) is 17.0 Å². The third-order valence-corrected chi connectivity index (χ3v) is 3.58. The lowest BCUT2D eigenvalue weighted by molar-refractivity contribution is 0.0534. The van der Waals surface area contributed by atoms with E-state index in [0.29, 0.717) is 12.6 Å². The van der Waals surface area contributed by atoms with Crippen LogP contribution in [0.4, 0.5) is 4.79 Å². The molecule has 1 heterocycles. The molecule has 20 heavy (non-hydrogen) atoms. The first-order valence-electron chi connectivity index (χ1n) is 7.18. The summed E-state index contributed by atoms with van der Waals surface area (Å²) in [6, 6.07) is 0.575. The van der Waals surface area contributed by atoms with Gasteiger partial charge in [-0.1, -0.05) is 12.2 Å². The van der Waals surface area contributed by atoms with E-state index in [-0.39, 0.29) is 0 Å². The number of rotatable bonds is 3. The molecule has 116 valence electrons. The van der Waals surface area contributed by atoms with Crippen LogP contribution in [0.2, 0.25) is 0 Å². The van der Waals surface area contributed by atoms with Crippen molar-refractivity contribution in [1.82, 2.24) is 15.1 Å². The number of piperazine rings is 1. The minimum Gasteiger partial charge on any atom is -0.444 e. The molecule has 0 saturated carbocycles. The van der Waals surface area contributed by atoms with Crippen LogP contribution in [0, 0.1) is 0 Å². The molecule has 5 nitrogen and oxygen atoms in total. The molecule has 0 radical (unpaired) electrons. The lowest BCUT2D eigenvalue weighted by Crippen LogP contribution is -2.52. The molecule has 0 aromatic heterocycles. The summed E-state index contributed by atoms with van der Waals surface area (Å²) in [7, 11) is 0. The summed E-state index contributed by atoms with van der Waals surface area (Å²) in [5, 5.41) is 2.71. The fourth-order valence-corrected chi connectivity index (χ4v) is 2.32. The van der Waals surface area contributed by atoms with E-state index in [1.807, 2.05) is 20.8 Å². The predicted molar refractivity (Wildman–Crippen MR) is 85.1 cm³/mol. The van der Waals surface area contributed by atoms with Crippen molar-refractivity contribution in [2.24, 2.45) is 0 Å². The van der Waals surface area contributed by atoms with Crippen molar-refractivity contribution in [3.8, 4) is 0 Å². The van der Waals surface area contributed by atoms with Gasteiger partial charge in [0.15, 0.2) is 0 Å². The van der Waals surface area contributed by atoms with E-state index in [9.17, 15) is 4.79 Å². The zero-order valence-electron chi connectivity index (χ0n) is 13.2. The van der Waals surface area contributed by atoms with Crippen molar-refractivity contribution in [3.63, 3.8) is 0 Å². The smallest absolute Gasteiger partial charge is 0.408 e. The van der Waals surface area contributed by atoms with Gasteiger partial charge in [-0.15, -0.1) is 0 Å². The Morgan fingerprint density at radius 2 is 1.80 bits per heavy atom. The first-order chi connectivity index (χ1) is 9.19. The summed E-state index contributed by atoms with van der Waals surface area (Å²) in [5.74, 6) is 0. The van der Waals surface area contributed by atoms with E-state index >= 15 is 0 Å². The molecule has 1 aliphatic heterocycles. The van der Waals surface area contributed by atoms with Gasteiger partial charge in [0, 0.05) is 32.2 Å². The van der Waals surface area contributed by atoms with Crippen molar-refractivity contribution in [3.05, 3.63) is 0 Å². The van der Waals surface area contributed by atoms with E-state index in [2.05, 4.69) is 29.0 Å². The van der Waals surface area contributed by atoms with Gasteiger partial charge in [0.25, 0.3) is 0 Å². The Morgan fingerprint density at radius 3 is 2.25 bits per heavy atom. The van der Waals surface area contributed by atoms with Crippen molar-refractivity contribution in [2.45, 2.75) is 46.3 Å². The molecule has 0 aliphatic carbocycles. The van der Waals surface area contributed by atoms with Crippen LogP contribution >= 0.6 is 12.2 Å². The van der Waals surface area contributed by atoms with Crippen LogP contribution in [0.15, 0.2) is 0 Å². The zero-order chi connectivity index (χ0) is 15.3. The highest BCUT2D eigenvalue weighted by molar-refractivity contribution is 7.80. The topological polar surface area (TPSA) is 44.8 Å². The lowest BCUT2D eigenvalue weighted by atomic mass is 10.2. The SMILES string of the molecule is CC(C)N1CCN(C(=S)CNC(=O)OC(C)(C)C)CC1. The Morgan fingerprint density at radius 1 is 1.25 bits per heavy atom. The monoisotopic (exact) mass is 301 g/mol. The van der Waals surface area contributed by atoms with Crippen LogP contribution in [0.3, 0.4) is 0 Å². The summed E-state index contributed by atoms with van der Waals surface area (Å²) in [4.78, 5) is 16.9. The highest BCUT2D eigenvalue weighted by Crippen LogP contribution is 2.08. The predicted octanol–water partition coefficient (Wildman–Crippen LogP) is 1.86. The van der Waals surface area contributed by atoms with Crippen molar-refractivity contribution >= 4 is 23.3 Å². The van der Waals surface area contributed by atoms with Crippen LogP contribution in [-0.2, 0) is 4.74 Å². The number of carbonyl (C=O) groups excluding carboxylic acids is 1. The first-order valence-corrected chi connectivity index (χ1v) is 7.58. The highest BCUT2D eigenvalue weighted by Gasteiger charge is 2.21. The molecule has 1 rings (SSSR count). The third-order valence-electron chi connectivity index (χ3n) is 3.18. The number of alkyl carbamates (subject to hydrolysis) is 1. The molecule has 0 unspecified atom stereocenters. The number of hydrogen-bond acceptors (Lipinski definition) is 4. The van der Waals surface area contributed by atoms with E-state index < -0.39 is 11.7 Å². The summed E-state index contributed by atoms with van der Waals surface area (Å²) in [5.41, 5.74) is -0.478. The maximum absolute atomic E-state index is 11.6. The Bertz CT molecular complexity index is 345. The maximum atomic E-state index is 11.6. The Labute approximate surface area is 127 Å². The molecule has 6 heteroatoms. The van der Waals surface area contributed by atoms with Gasteiger partial charge in [-0.2, -0.15) is 0 Å². The number of thiocarbonyl (C=S) groups is 1. The molecule has 1 saturated heterocycles. The number of amides is 1. The Balaban J connectivity index is 2.29. The average Bonchev–Trinajstić information content (AvgIpc) is 2.34. The number of nitrogens with one attached hydrogen (secondary N) is 1. The fourth-order valence-electron chi connectivity index (χ4n) is 2.06. The zero-order valence-corrected chi connectivity index (χ0v) is 14.0. The third kappa shape index (κ3) is 6.05. The van der Waals surface area contributed by atoms with Gasteiger partial charge >= 0.3 is 6.09 Å². The molecule has 1 amide bonds. The minimum absolute atomic E-state index is 0.367. The van der Waals surface area contributed by atoms with Gasteiger partial charge in [-0.3, -0.25) is 4.90 Å². The Hall–Kier alpha value is -0.880. The van der Waals surface area contributed by atoms with Crippen molar-refractivity contribution in [1.29, 1.82) is 0 Å². The highest BCUT2D eigenvalue weighted by atomic mass is 32.1. The van der Waals surface area contributed by atoms with E-state index in [0.717, 1.165) is 31.2 Å². The van der Waals surface area contributed by atoms with Crippen molar-refractivity contribution < 1.29 is 9.53 Å². The van der Waals surface area contributed by atoms with Gasteiger partial charge in [0.05, 0.1) is 11.5 Å². The van der Waals surface area contributed by atoms with Gasteiger partial charge in [-0.05, 0) is 34.6 Å². The van der Waals surface area contributed by atoms with Gasteiger partial charge in [0.1, 0.15) is 5.60 Å². The van der Waals surface area contributed by atoms with E-state index in [1.54, 1.807) is 0 Å². The Kier molecular flexibility index (Phi) is 6.20. The molecular formula is C14H27N3O2S. The number of carbonyl (C=O) groups is 1. The molecule has 0 aromatic rings. The van der Waals surface area contributed by atoms with Crippen LogP contribution < -0.4 is 5.32 Å². The molecule has 1 N–H and O–H groups in total. The fraction of sp³-hybridized carbons (Fsp3) is 0.857. The molecule has 0 bridgehead atoms. The van der Waals surface area contributed by atoms with Gasteiger partial charge in [-0.25, -0.2) is 4.79 Å². The van der Waals surface area contributed by atoms with Crippen molar-refractivity contribution in [2.75, 3.05) is 32.7 Å². The van der Waals surface area contributed by atoms with Crippen LogP contribution in [0.5, 0.6) is 0 Å². The number of nitrogens with zero attached hydrogens (tertiary/aromatic N) is 2. The summed E-state index contributed by atoms with van der Waals surface area (Å²) in [6.07, 6.45) is -0.416. The summed E-state index contributed by atoms with van der Waals surface area (Å²) >= 11 is 5.38. The number of ether oxygens (including phenoxy) is 1. The van der Waals surface area contributed by atoms with E-state index in [1.165, 1.54) is 0 Å². The lowest BCUT2D eigenvalue weighted by Gasteiger charge is -2.38. The molecule has 1 fully saturated rings.